The summed E-state index contributed by atoms with van der Waals surface area (Å²) in [5.41, 5.74) is 5.68. The summed E-state index contributed by atoms with van der Waals surface area (Å²) in [6.45, 7) is 3.60. The molecule has 0 radical (unpaired) electrons. The summed E-state index contributed by atoms with van der Waals surface area (Å²) in [5, 5.41) is 11.5. The number of nitrogens with two attached hydrogens (primary N) is 1. The number of aliphatic hydroxyl groups is 1. The number of oxazole rings is 1. The van der Waals surface area contributed by atoms with Crippen LogP contribution in [0.2, 0.25) is 0 Å². The van der Waals surface area contributed by atoms with Gasteiger partial charge in [-0.25, -0.2) is 4.98 Å². The number of nitrogens with zero attached hydrogens (tertiary/aromatic N) is 1. The lowest BCUT2D eigenvalue weighted by atomic mass is 10.2. The van der Waals surface area contributed by atoms with Crippen molar-refractivity contribution in [3.8, 4) is 0 Å². The van der Waals surface area contributed by atoms with Crippen LogP contribution in [0.15, 0.2) is 10.7 Å². The number of nitrogens with one attached hydrogen (secondary N) is 1. The highest BCUT2D eigenvalue weighted by atomic mass is 16.3. The lowest BCUT2D eigenvalue weighted by Gasteiger charge is -2.08. The normalized spacial score (nSPS) is 14.5. The second kappa shape index (κ2) is 5.62. The zero-order valence-electron chi connectivity index (χ0n) is 9.43. The molecular formula is C10H17N3O3. The van der Waals surface area contributed by atoms with Crippen LogP contribution in [0.3, 0.4) is 0 Å². The highest BCUT2D eigenvalue weighted by Gasteiger charge is 2.17. The molecule has 1 rings (SSSR count). The Labute approximate surface area is 93.8 Å². The van der Waals surface area contributed by atoms with E-state index in [0.29, 0.717) is 0 Å². The van der Waals surface area contributed by atoms with Gasteiger partial charge in [-0.15, -0.1) is 0 Å². The summed E-state index contributed by atoms with van der Waals surface area (Å²) in [5.74, 6) is -0.133. The molecule has 6 nitrogen and oxygen atoms in total. The topological polar surface area (TPSA) is 101 Å². The summed E-state index contributed by atoms with van der Waals surface area (Å²) < 4.78 is 5.00. The van der Waals surface area contributed by atoms with Crippen molar-refractivity contribution in [1.29, 1.82) is 0 Å². The first-order valence-corrected chi connectivity index (χ1v) is 5.21. The van der Waals surface area contributed by atoms with E-state index in [-0.39, 0.29) is 30.1 Å². The third-order valence-electron chi connectivity index (χ3n) is 2.26. The number of amides is 1. The average molecular weight is 227 g/mol. The molecule has 2 unspecified atom stereocenters. The number of carbonyl (C=O) groups excluding carboxylic acids is 1. The monoisotopic (exact) mass is 227 g/mol. The van der Waals surface area contributed by atoms with Gasteiger partial charge in [-0.3, -0.25) is 4.79 Å². The highest BCUT2D eigenvalue weighted by Crippen LogP contribution is 2.09. The molecule has 1 heterocycles. The molecule has 0 aliphatic rings. The molecule has 0 bridgehead atoms. The molecule has 1 amide bonds. The quantitative estimate of drug-likeness (QED) is 0.666. The molecule has 1 aromatic heterocycles. The zero-order chi connectivity index (χ0) is 12.1. The number of hydrogen-bond acceptors (Lipinski definition) is 5. The molecule has 0 aliphatic carbocycles. The van der Waals surface area contributed by atoms with Gasteiger partial charge in [0.25, 0.3) is 5.91 Å². The van der Waals surface area contributed by atoms with Gasteiger partial charge in [-0.05, 0) is 13.3 Å². The van der Waals surface area contributed by atoms with Gasteiger partial charge in [-0.2, -0.15) is 0 Å². The van der Waals surface area contributed by atoms with Gasteiger partial charge in [-0.1, -0.05) is 6.92 Å². The Morgan fingerprint density at radius 2 is 2.44 bits per heavy atom. The fourth-order valence-electron chi connectivity index (χ4n) is 1.04. The summed E-state index contributed by atoms with van der Waals surface area (Å²) in [6.07, 6.45) is 2.08. The van der Waals surface area contributed by atoms with Crippen LogP contribution in [-0.4, -0.2) is 28.6 Å². The van der Waals surface area contributed by atoms with Crippen LogP contribution < -0.4 is 11.1 Å². The number of rotatable bonds is 5. The number of hydrogen-bond donors (Lipinski definition) is 3. The second-order valence-electron chi connectivity index (χ2n) is 3.64. The standard InChI is InChI=1S/C10H17N3O3/c1-3-6(2)12-9(15)8-5-16-10(13-8)7(11)4-14/h5-7,14H,3-4,11H2,1-2H3,(H,12,15). The second-order valence-corrected chi connectivity index (χ2v) is 3.64. The van der Waals surface area contributed by atoms with Crippen molar-refractivity contribution in [2.45, 2.75) is 32.4 Å². The molecule has 0 saturated carbocycles. The minimum absolute atomic E-state index is 0.0826. The number of aromatic nitrogens is 1. The SMILES string of the molecule is CCC(C)NC(=O)c1coc(C(N)CO)n1. The van der Waals surface area contributed by atoms with Crippen molar-refractivity contribution in [2.75, 3.05) is 6.61 Å². The maximum Gasteiger partial charge on any atom is 0.273 e. The van der Waals surface area contributed by atoms with Crippen molar-refractivity contribution >= 4 is 5.91 Å². The van der Waals surface area contributed by atoms with Gasteiger partial charge in [0.05, 0.1) is 6.61 Å². The van der Waals surface area contributed by atoms with Crippen LogP contribution in [0.5, 0.6) is 0 Å². The van der Waals surface area contributed by atoms with Crippen molar-refractivity contribution in [1.82, 2.24) is 10.3 Å². The van der Waals surface area contributed by atoms with E-state index in [4.69, 9.17) is 15.3 Å². The Hall–Kier alpha value is -1.40. The highest BCUT2D eigenvalue weighted by molar-refractivity contribution is 5.92. The Balaban J connectivity index is 2.67. The lowest BCUT2D eigenvalue weighted by molar-refractivity contribution is 0.0934. The molecule has 0 fully saturated rings. The van der Waals surface area contributed by atoms with Crippen molar-refractivity contribution in [3.63, 3.8) is 0 Å². The molecule has 0 saturated heterocycles. The maximum atomic E-state index is 11.6. The predicted octanol–water partition coefficient (Wildman–Crippen LogP) is 0.195. The maximum absolute atomic E-state index is 11.6. The molecule has 4 N–H and O–H groups in total. The first-order chi connectivity index (χ1) is 7.58. The van der Waals surface area contributed by atoms with Gasteiger partial charge in [0, 0.05) is 6.04 Å². The summed E-state index contributed by atoms with van der Waals surface area (Å²) in [4.78, 5) is 15.5. The van der Waals surface area contributed by atoms with Crippen molar-refractivity contribution < 1.29 is 14.3 Å². The third-order valence-corrected chi connectivity index (χ3v) is 2.26. The fraction of sp³-hybridized carbons (Fsp3) is 0.600. The summed E-state index contributed by atoms with van der Waals surface area (Å²) in [6, 6.07) is -0.607. The van der Waals surface area contributed by atoms with Crippen LogP contribution >= 0.6 is 0 Å². The molecule has 0 aliphatic heterocycles. The molecular weight excluding hydrogens is 210 g/mol. The predicted molar refractivity (Wildman–Crippen MR) is 57.7 cm³/mol. The summed E-state index contributed by atoms with van der Waals surface area (Å²) in [7, 11) is 0. The Bertz CT molecular complexity index is 351. The van der Waals surface area contributed by atoms with Crippen LogP contribution in [0.1, 0.15) is 42.7 Å². The average Bonchev–Trinajstić information content (AvgIpc) is 2.77. The van der Waals surface area contributed by atoms with Gasteiger partial charge in [0.2, 0.25) is 5.89 Å². The minimum atomic E-state index is -0.690. The first kappa shape index (κ1) is 12.7. The molecule has 0 aromatic carbocycles. The molecule has 90 valence electrons. The van der Waals surface area contributed by atoms with Crippen molar-refractivity contribution in [2.24, 2.45) is 5.73 Å². The van der Waals surface area contributed by atoms with Crippen LogP contribution in [0.25, 0.3) is 0 Å². The molecule has 16 heavy (non-hydrogen) atoms. The van der Waals surface area contributed by atoms with E-state index in [0.717, 1.165) is 6.42 Å². The van der Waals surface area contributed by atoms with Crippen molar-refractivity contribution in [3.05, 3.63) is 17.8 Å². The van der Waals surface area contributed by atoms with Gasteiger partial charge in [0.1, 0.15) is 12.3 Å². The molecule has 2 atom stereocenters. The first-order valence-electron chi connectivity index (χ1n) is 5.21. The third kappa shape index (κ3) is 3.04. The largest absolute Gasteiger partial charge is 0.446 e. The Kier molecular flexibility index (Phi) is 4.45. The fourth-order valence-corrected chi connectivity index (χ4v) is 1.04. The Morgan fingerprint density at radius 1 is 1.75 bits per heavy atom. The van der Waals surface area contributed by atoms with E-state index in [1.807, 2.05) is 13.8 Å². The van der Waals surface area contributed by atoms with E-state index >= 15 is 0 Å². The van der Waals surface area contributed by atoms with Gasteiger partial charge >= 0.3 is 0 Å². The van der Waals surface area contributed by atoms with E-state index < -0.39 is 6.04 Å². The van der Waals surface area contributed by atoms with E-state index in [1.54, 1.807) is 0 Å². The number of aliphatic hydroxyl groups excluding tert-OH is 1. The summed E-state index contributed by atoms with van der Waals surface area (Å²) >= 11 is 0. The van der Waals surface area contributed by atoms with Crippen LogP contribution in [0, 0.1) is 0 Å². The van der Waals surface area contributed by atoms with E-state index in [9.17, 15) is 4.79 Å². The lowest BCUT2D eigenvalue weighted by Crippen LogP contribution is -2.32. The minimum Gasteiger partial charge on any atom is -0.446 e. The van der Waals surface area contributed by atoms with Crippen LogP contribution in [0.4, 0.5) is 0 Å². The zero-order valence-corrected chi connectivity index (χ0v) is 9.43. The number of carbonyl (C=O) groups is 1. The molecule has 6 heteroatoms. The van der Waals surface area contributed by atoms with Crippen LogP contribution in [-0.2, 0) is 0 Å². The molecule has 0 spiro atoms. The van der Waals surface area contributed by atoms with E-state index in [2.05, 4.69) is 10.3 Å². The Morgan fingerprint density at radius 3 is 3.00 bits per heavy atom. The van der Waals surface area contributed by atoms with Gasteiger partial charge < -0.3 is 20.6 Å². The smallest absolute Gasteiger partial charge is 0.273 e. The van der Waals surface area contributed by atoms with E-state index in [1.165, 1.54) is 6.26 Å². The van der Waals surface area contributed by atoms with Gasteiger partial charge in [0.15, 0.2) is 5.69 Å². The molecule has 1 aromatic rings.